The van der Waals surface area contributed by atoms with Gasteiger partial charge < -0.3 is 5.73 Å². The van der Waals surface area contributed by atoms with E-state index in [-0.39, 0.29) is 17.9 Å². The number of halogens is 2. The second-order valence-corrected chi connectivity index (χ2v) is 6.18. The topological polar surface area (TPSA) is 29.3 Å². The van der Waals surface area contributed by atoms with E-state index in [4.69, 9.17) is 5.73 Å². The maximum Gasteiger partial charge on any atom is 0.129 e. The first-order valence-corrected chi connectivity index (χ1v) is 7.23. The Balaban J connectivity index is 2.13. The summed E-state index contributed by atoms with van der Waals surface area (Å²) in [5.74, 6) is 0.410. The summed E-state index contributed by atoms with van der Waals surface area (Å²) in [6, 6.07) is 5.55. The van der Waals surface area contributed by atoms with E-state index in [9.17, 15) is 4.39 Å². The number of nitrogens with two attached hydrogens (primary N) is 1. The third-order valence-electron chi connectivity index (χ3n) is 4.01. The van der Waals surface area contributed by atoms with Crippen molar-refractivity contribution in [2.24, 2.45) is 11.7 Å². The average molecular weight is 315 g/mol. The fourth-order valence-corrected chi connectivity index (χ4v) is 2.85. The van der Waals surface area contributed by atoms with Gasteiger partial charge in [-0.05, 0) is 37.9 Å². The second kappa shape index (κ2) is 5.68. The second-order valence-electron chi connectivity index (χ2n) is 5.27. The van der Waals surface area contributed by atoms with E-state index in [0.29, 0.717) is 5.92 Å². The maximum absolute atomic E-state index is 13.9. The van der Waals surface area contributed by atoms with E-state index in [1.54, 1.807) is 0 Å². The highest BCUT2D eigenvalue weighted by molar-refractivity contribution is 9.10. The predicted molar refractivity (Wildman–Crippen MR) is 75.8 cm³/mol. The first-order chi connectivity index (χ1) is 8.49. The molecule has 0 aromatic heterocycles. The number of rotatable bonds is 2. The van der Waals surface area contributed by atoms with Crippen LogP contribution in [0, 0.1) is 11.7 Å². The van der Waals surface area contributed by atoms with Gasteiger partial charge in [-0.3, -0.25) is 4.90 Å². The predicted octanol–water partition coefficient (Wildman–Crippen LogP) is 3.32. The van der Waals surface area contributed by atoms with Crippen LogP contribution in [0.3, 0.4) is 0 Å². The summed E-state index contributed by atoms with van der Waals surface area (Å²) in [4.78, 5) is 2.27. The quantitative estimate of drug-likeness (QED) is 0.907. The Labute approximate surface area is 116 Å². The van der Waals surface area contributed by atoms with Crippen molar-refractivity contribution < 1.29 is 4.39 Å². The zero-order valence-electron chi connectivity index (χ0n) is 10.9. The van der Waals surface area contributed by atoms with E-state index in [0.717, 1.165) is 29.5 Å². The van der Waals surface area contributed by atoms with Gasteiger partial charge in [-0.25, -0.2) is 4.39 Å². The van der Waals surface area contributed by atoms with E-state index in [1.165, 1.54) is 6.07 Å². The van der Waals surface area contributed by atoms with Crippen LogP contribution < -0.4 is 5.73 Å². The molecular formula is C14H20BrFN2. The van der Waals surface area contributed by atoms with Gasteiger partial charge >= 0.3 is 0 Å². The van der Waals surface area contributed by atoms with Crippen LogP contribution in [-0.2, 0) is 0 Å². The molecule has 1 saturated heterocycles. The van der Waals surface area contributed by atoms with Gasteiger partial charge in [-0.1, -0.05) is 28.9 Å². The monoisotopic (exact) mass is 314 g/mol. The van der Waals surface area contributed by atoms with E-state index in [2.05, 4.69) is 34.7 Å². The summed E-state index contributed by atoms with van der Waals surface area (Å²) in [6.07, 6.45) is 1.09. The molecule has 2 rings (SSSR count). The number of nitrogens with zero attached hydrogens (tertiary/aromatic N) is 1. The van der Waals surface area contributed by atoms with Crippen LogP contribution in [0.5, 0.6) is 0 Å². The van der Waals surface area contributed by atoms with Gasteiger partial charge in [0, 0.05) is 28.7 Å². The number of hydrogen-bond donors (Lipinski definition) is 1. The van der Waals surface area contributed by atoms with Crippen molar-refractivity contribution in [3.63, 3.8) is 0 Å². The molecule has 0 spiro atoms. The summed E-state index contributed by atoms with van der Waals surface area (Å²) in [6.45, 7) is 6.07. The van der Waals surface area contributed by atoms with Gasteiger partial charge in [0.1, 0.15) is 5.82 Å². The minimum Gasteiger partial charge on any atom is -0.326 e. The highest BCUT2D eigenvalue weighted by Gasteiger charge is 2.27. The zero-order valence-corrected chi connectivity index (χ0v) is 12.5. The van der Waals surface area contributed by atoms with Crippen LogP contribution >= 0.6 is 15.9 Å². The van der Waals surface area contributed by atoms with Crippen LogP contribution in [0.1, 0.15) is 31.9 Å². The van der Waals surface area contributed by atoms with Gasteiger partial charge in [-0.2, -0.15) is 0 Å². The number of hydrogen-bond acceptors (Lipinski definition) is 2. The van der Waals surface area contributed by atoms with E-state index < -0.39 is 0 Å². The molecule has 0 saturated carbocycles. The van der Waals surface area contributed by atoms with Crippen LogP contribution in [-0.4, -0.2) is 24.0 Å². The summed E-state index contributed by atoms with van der Waals surface area (Å²) in [5, 5.41) is 0. The fraction of sp³-hybridized carbons (Fsp3) is 0.571. The molecule has 1 aliphatic rings. The molecule has 2 N–H and O–H groups in total. The lowest BCUT2D eigenvalue weighted by molar-refractivity contribution is 0.126. The molecule has 1 heterocycles. The Hall–Kier alpha value is -0.450. The minimum absolute atomic E-state index is 0.0802. The highest BCUT2D eigenvalue weighted by Crippen LogP contribution is 2.28. The molecule has 4 heteroatoms. The lowest BCUT2D eigenvalue weighted by Gasteiger charge is -2.38. The Kier molecular flexibility index (Phi) is 4.41. The summed E-state index contributed by atoms with van der Waals surface area (Å²) in [5.41, 5.74) is 6.85. The van der Waals surface area contributed by atoms with Gasteiger partial charge in [0.15, 0.2) is 0 Å². The maximum atomic E-state index is 13.9. The Morgan fingerprint density at radius 3 is 2.83 bits per heavy atom. The fourth-order valence-electron chi connectivity index (χ4n) is 2.51. The van der Waals surface area contributed by atoms with Crippen molar-refractivity contribution in [2.75, 3.05) is 13.1 Å². The smallest absolute Gasteiger partial charge is 0.129 e. The summed E-state index contributed by atoms with van der Waals surface area (Å²) in [7, 11) is 0. The molecule has 1 aromatic carbocycles. The lowest BCUT2D eigenvalue weighted by Crippen LogP contribution is -2.48. The Bertz CT molecular complexity index is 424. The minimum atomic E-state index is -0.149. The molecule has 3 atom stereocenters. The molecular weight excluding hydrogens is 295 g/mol. The lowest BCUT2D eigenvalue weighted by atomic mass is 9.92. The molecule has 1 aliphatic heterocycles. The molecule has 100 valence electrons. The molecule has 1 fully saturated rings. The van der Waals surface area contributed by atoms with Crippen LogP contribution in [0.25, 0.3) is 0 Å². The normalized spacial score (nSPS) is 27.2. The van der Waals surface area contributed by atoms with Crippen molar-refractivity contribution in [3.8, 4) is 0 Å². The Morgan fingerprint density at radius 2 is 2.22 bits per heavy atom. The third-order valence-corrected chi connectivity index (χ3v) is 4.50. The number of piperidine rings is 1. The van der Waals surface area contributed by atoms with Gasteiger partial charge in [-0.15, -0.1) is 0 Å². The average Bonchev–Trinajstić information content (AvgIpc) is 2.32. The van der Waals surface area contributed by atoms with E-state index >= 15 is 0 Å². The first kappa shape index (κ1) is 14.0. The van der Waals surface area contributed by atoms with Crippen molar-refractivity contribution in [1.82, 2.24) is 4.90 Å². The standard InChI is InChI=1S/C14H20BrFN2/c1-9-5-6-18(8-14(9)17)10(2)12-4-3-11(15)7-13(12)16/h3-4,7,9-10,14H,5-6,8,17H2,1-2H3. The summed E-state index contributed by atoms with van der Waals surface area (Å²) >= 11 is 3.29. The summed E-state index contributed by atoms with van der Waals surface area (Å²) < 4.78 is 14.7. The largest absolute Gasteiger partial charge is 0.326 e. The number of benzene rings is 1. The SMILES string of the molecule is CC1CCN(C(C)c2ccc(Br)cc2F)CC1N. The molecule has 0 radical (unpaired) electrons. The third kappa shape index (κ3) is 2.92. The molecule has 2 nitrogen and oxygen atoms in total. The molecule has 0 bridgehead atoms. The van der Waals surface area contributed by atoms with Crippen molar-refractivity contribution in [2.45, 2.75) is 32.4 Å². The highest BCUT2D eigenvalue weighted by atomic mass is 79.9. The van der Waals surface area contributed by atoms with Crippen LogP contribution in [0.4, 0.5) is 4.39 Å². The van der Waals surface area contributed by atoms with E-state index in [1.807, 2.05) is 12.1 Å². The molecule has 3 unspecified atom stereocenters. The van der Waals surface area contributed by atoms with Gasteiger partial charge in [0.25, 0.3) is 0 Å². The van der Waals surface area contributed by atoms with Gasteiger partial charge in [0.2, 0.25) is 0 Å². The zero-order chi connectivity index (χ0) is 13.3. The Morgan fingerprint density at radius 1 is 1.50 bits per heavy atom. The first-order valence-electron chi connectivity index (χ1n) is 6.43. The molecule has 0 aliphatic carbocycles. The molecule has 1 aromatic rings. The van der Waals surface area contributed by atoms with Crippen molar-refractivity contribution in [1.29, 1.82) is 0 Å². The van der Waals surface area contributed by atoms with Crippen molar-refractivity contribution >= 4 is 15.9 Å². The van der Waals surface area contributed by atoms with Crippen LogP contribution in [0.2, 0.25) is 0 Å². The number of likely N-dealkylation sites (tertiary alicyclic amines) is 1. The molecule has 18 heavy (non-hydrogen) atoms. The van der Waals surface area contributed by atoms with Gasteiger partial charge in [0.05, 0.1) is 0 Å². The molecule has 0 amide bonds. The van der Waals surface area contributed by atoms with Crippen molar-refractivity contribution in [3.05, 3.63) is 34.1 Å². The van der Waals surface area contributed by atoms with Crippen LogP contribution in [0.15, 0.2) is 22.7 Å².